The van der Waals surface area contributed by atoms with Gasteiger partial charge < -0.3 is 4.74 Å². The van der Waals surface area contributed by atoms with E-state index in [0.29, 0.717) is 6.42 Å². The minimum atomic E-state index is -0.526. The highest BCUT2D eigenvalue weighted by Crippen LogP contribution is 2.42. The standard InChI is InChI=1S/C18H30O3/c1-13-8-7-11-18(5,6)15(13)10-9-14(19)12-16(20)21-17(2,3)4/h7-12H2,1-6H3. The Morgan fingerprint density at radius 3 is 2.38 bits per heavy atom. The molecule has 0 heterocycles. The van der Waals surface area contributed by atoms with E-state index in [4.69, 9.17) is 4.74 Å². The summed E-state index contributed by atoms with van der Waals surface area (Å²) in [5.74, 6) is -0.438. The Labute approximate surface area is 129 Å². The Morgan fingerprint density at radius 2 is 1.86 bits per heavy atom. The molecule has 0 aromatic carbocycles. The lowest BCUT2D eigenvalue weighted by Crippen LogP contribution is -2.25. The van der Waals surface area contributed by atoms with Gasteiger partial charge >= 0.3 is 5.97 Å². The zero-order chi connectivity index (χ0) is 16.3. The summed E-state index contributed by atoms with van der Waals surface area (Å²) < 4.78 is 5.19. The lowest BCUT2D eigenvalue weighted by atomic mass is 9.71. The predicted molar refractivity (Wildman–Crippen MR) is 85.0 cm³/mol. The topological polar surface area (TPSA) is 43.4 Å². The third-order valence-electron chi connectivity index (χ3n) is 4.10. The first-order valence-corrected chi connectivity index (χ1v) is 7.94. The second-order valence-corrected chi connectivity index (χ2v) is 7.80. The van der Waals surface area contributed by atoms with Gasteiger partial charge in [-0.05, 0) is 58.8 Å². The number of carbonyl (C=O) groups excluding carboxylic acids is 2. The van der Waals surface area contributed by atoms with Gasteiger partial charge in [-0.25, -0.2) is 0 Å². The summed E-state index contributed by atoms with van der Waals surface area (Å²) in [6.07, 6.45) is 4.66. The van der Waals surface area contributed by atoms with E-state index in [1.807, 2.05) is 20.8 Å². The molecule has 0 saturated heterocycles. The van der Waals surface area contributed by atoms with Crippen LogP contribution in [0.25, 0.3) is 0 Å². The van der Waals surface area contributed by atoms with Crippen molar-refractivity contribution >= 4 is 11.8 Å². The summed E-state index contributed by atoms with van der Waals surface area (Å²) in [5.41, 5.74) is 2.50. The van der Waals surface area contributed by atoms with Crippen molar-refractivity contribution in [1.29, 1.82) is 0 Å². The van der Waals surface area contributed by atoms with Crippen LogP contribution in [0.4, 0.5) is 0 Å². The van der Waals surface area contributed by atoms with Crippen LogP contribution in [0.3, 0.4) is 0 Å². The molecule has 3 heteroatoms. The normalized spacial score (nSPS) is 18.6. The molecular weight excluding hydrogens is 264 g/mol. The number of hydrogen-bond donors (Lipinski definition) is 0. The van der Waals surface area contributed by atoms with Crippen LogP contribution in [-0.4, -0.2) is 17.4 Å². The van der Waals surface area contributed by atoms with Crippen LogP contribution in [-0.2, 0) is 14.3 Å². The van der Waals surface area contributed by atoms with Crippen LogP contribution < -0.4 is 0 Å². The first-order chi connectivity index (χ1) is 9.51. The molecule has 0 spiro atoms. The zero-order valence-electron chi connectivity index (χ0n) is 14.5. The van der Waals surface area contributed by atoms with Crippen molar-refractivity contribution < 1.29 is 14.3 Å². The third-order valence-corrected chi connectivity index (χ3v) is 4.10. The molecule has 120 valence electrons. The molecule has 0 atom stereocenters. The van der Waals surface area contributed by atoms with Crippen LogP contribution in [0, 0.1) is 5.41 Å². The van der Waals surface area contributed by atoms with Crippen LogP contribution in [0.5, 0.6) is 0 Å². The quantitative estimate of drug-likeness (QED) is 0.423. The number of rotatable bonds is 5. The molecular formula is C18H30O3. The Kier molecular flexibility index (Phi) is 5.77. The van der Waals surface area contributed by atoms with Gasteiger partial charge in [-0.3, -0.25) is 9.59 Å². The molecule has 3 nitrogen and oxygen atoms in total. The Balaban J connectivity index is 2.51. The summed E-state index contributed by atoms with van der Waals surface area (Å²) in [6.45, 7) is 12.1. The van der Waals surface area contributed by atoms with Gasteiger partial charge in [0.1, 0.15) is 17.8 Å². The Hall–Kier alpha value is -1.12. The number of carbonyl (C=O) groups is 2. The van der Waals surface area contributed by atoms with Gasteiger partial charge in [-0.2, -0.15) is 0 Å². The second-order valence-electron chi connectivity index (χ2n) is 7.80. The molecule has 0 aliphatic heterocycles. The molecule has 1 aliphatic carbocycles. The van der Waals surface area contributed by atoms with Crippen molar-refractivity contribution in [2.24, 2.45) is 5.41 Å². The van der Waals surface area contributed by atoms with E-state index in [-0.39, 0.29) is 17.6 Å². The molecule has 0 unspecified atom stereocenters. The maximum absolute atomic E-state index is 12.0. The average molecular weight is 294 g/mol. The number of ether oxygens (including phenoxy) is 1. The van der Waals surface area contributed by atoms with Crippen LogP contribution in [0.1, 0.15) is 80.1 Å². The van der Waals surface area contributed by atoms with Crippen LogP contribution >= 0.6 is 0 Å². The zero-order valence-corrected chi connectivity index (χ0v) is 14.5. The van der Waals surface area contributed by atoms with Crippen molar-refractivity contribution in [2.45, 2.75) is 85.7 Å². The fourth-order valence-electron chi connectivity index (χ4n) is 3.12. The summed E-state index contributed by atoms with van der Waals surface area (Å²) in [5, 5.41) is 0. The summed E-state index contributed by atoms with van der Waals surface area (Å²) in [6, 6.07) is 0. The molecule has 0 fully saturated rings. The number of allylic oxidation sites excluding steroid dienone is 2. The van der Waals surface area contributed by atoms with E-state index in [2.05, 4.69) is 20.8 Å². The molecule has 0 saturated carbocycles. The molecule has 1 rings (SSSR count). The molecule has 0 radical (unpaired) electrons. The maximum Gasteiger partial charge on any atom is 0.313 e. The van der Waals surface area contributed by atoms with Crippen LogP contribution in [0.2, 0.25) is 0 Å². The second kappa shape index (κ2) is 6.76. The Morgan fingerprint density at radius 1 is 1.24 bits per heavy atom. The van der Waals surface area contributed by atoms with Crippen molar-refractivity contribution in [2.75, 3.05) is 0 Å². The van der Waals surface area contributed by atoms with E-state index in [1.54, 1.807) is 0 Å². The molecule has 0 N–H and O–H groups in total. The highest BCUT2D eigenvalue weighted by molar-refractivity contribution is 5.95. The van der Waals surface area contributed by atoms with Crippen molar-refractivity contribution in [3.05, 3.63) is 11.1 Å². The first kappa shape index (κ1) is 17.9. The lowest BCUT2D eigenvalue weighted by molar-refractivity contribution is -0.156. The monoisotopic (exact) mass is 294 g/mol. The van der Waals surface area contributed by atoms with E-state index in [1.165, 1.54) is 24.0 Å². The minimum absolute atomic E-state index is 0.0223. The molecule has 0 amide bonds. The number of hydrogen-bond acceptors (Lipinski definition) is 3. The fourth-order valence-corrected chi connectivity index (χ4v) is 3.12. The summed E-state index contributed by atoms with van der Waals surface area (Å²) >= 11 is 0. The smallest absolute Gasteiger partial charge is 0.313 e. The number of ketones is 1. The van der Waals surface area contributed by atoms with Gasteiger partial charge in [0, 0.05) is 6.42 Å². The van der Waals surface area contributed by atoms with E-state index in [9.17, 15) is 9.59 Å². The fraction of sp³-hybridized carbons (Fsp3) is 0.778. The highest BCUT2D eigenvalue weighted by Gasteiger charge is 2.28. The van der Waals surface area contributed by atoms with Gasteiger partial charge in [0.25, 0.3) is 0 Å². The molecule has 0 aromatic heterocycles. The predicted octanol–water partition coefficient (Wildman–Crippen LogP) is 4.59. The first-order valence-electron chi connectivity index (χ1n) is 7.94. The minimum Gasteiger partial charge on any atom is -0.460 e. The van der Waals surface area contributed by atoms with Crippen LogP contribution in [0.15, 0.2) is 11.1 Å². The van der Waals surface area contributed by atoms with E-state index < -0.39 is 11.6 Å². The van der Waals surface area contributed by atoms with E-state index >= 15 is 0 Å². The van der Waals surface area contributed by atoms with Gasteiger partial charge in [-0.15, -0.1) is 0 Å². The van der Waals surface area contributed by atoms with Gasteiger partial charge in [0.05, 0.1) is 0 Å². The van der Waals surface area contributed by atoms with Gasteiger partial charge in [0.2, 0.25) is 0 Å². The molecule has 21 heavy (non-hydrogen) atoms. The summed E-state index contributed by atoms with van der Waals surface area (Å²) in [7, 11) is 0. The van der Waals surface area contributed by atoms with Gasteiger partial charge in [0.15, 0.2) is 0 Å². The number of Topliss-reactive ketones (excluding diaryl/α,β-unsaturated/α-hetero) is 1. The molecule has 0 bridgehead atoms. The Bertz CT molecular complexity index is 436. The molecule has 0 aromatic rings. The maximum atomic E-state index is 12.0. The molecule has 1 aliphatic rings. The average Bonchev–Trinajstić information content (AvgIpc) is 2.24. The van der Waals surface area contributed by atoms with Crippen molar-refractivity contribution in [3.63, 3.8) is 0 Å². The summed E-state index contributed by atoms with van der Waals surface area (Å²) in [4.78, 5) is 23.6. The SMILES string of the molecule is CC1=C(CCC(=O)CC(=O)OC(C)(C)C)C(C)(C)CCC1. The van der Waals surface area contributed by atoms with Crippen molar-refractivity contribution in [3.8, 4) is 0 Å². The van der Waals surface area contributed by atoms with E-state index in [0.717, 1.165) is 12.8 Å². The largest absolute Gasteiger partial charge is 0.460 e. The van der Waals surface area contributed by atoms with Gasteiger partial charge in [-0.1, -0.05) is 25.0 Å². The highest BCUT2D eigenvalue weighted by atomic mass is 16.6. The van der Waals surface area contributed by atoms with Crippen molar-refractivity contribution in [1.82, 2.24) is 0 Å². The number of esters is 1. The third kappa shape index (κ3) is 6.03. The lowest BCUT2D eigenvalue weighted by Gasteiger charge is -2.34.